The highest BCUT2D eigenvalue weighted by atomic mass is 16.5. The van der Waals surface area contributed by atoms with Gasteiger partial charge in [0.2, 0.25) is 0 Å². The van der Waals surface area contributed by atoms with Crippen LogP contribution < -0.4 is 10.2 Å². The van der Waals surface area contributed by atoms with Crippen molar-refractivity contribution < 1.29 is 24.2 Å². The van der Waals surface area contributed by atoms with Gasteiger partial charge in [-0.05, 0) is 36.4 Å². The van der Waals surface area contributed by atoms with E-state index in [4.69, 9.17) is 19.4 Å². The van der Waals surface area contributed by atoms with Gasteiger partial charge in [-0.1, -0.05) is 18.2 Å². The Morgan fingerprint density at radius 1 is 1.12 bits per heavy atom. The van der Waals surface area contributed by atoms with E-state index in [0.29, 0.717) is 17.1 Å². The van der Waals surface area contributed by atoms with E-state index in [1.165, 1.54) is 24.3 Å². The van der Waals surface area contributed by atoms with Crippen LogP contribution in [0.5, 0.6) is 5.75 Å². The molecule has 0 aliphatic carbocycles. The van der Waals surface area contributed by atoms with Gasteiger partial charge in [-0.15, -0.1) is 0 Å². The predicted octanol–water partition coefficient (Wildman–Crippen LogP) is 3.03. The Balaban J connectivity index is 1.95. The molecule has 0 amide bonds. The summed E-state index contributed by atoms with van der Waals surface area (Å²) in [6.07, 6.45) is 3.37. The highest BCUT2D eigenvalue weighted by Gasteiger charge is 2.08. The Hall–Kier alpha value is -3.38. The second kappa shape index (κ2) is 7.67. The molecule has 3 aromatic rings. The minimum Gasteiger partial charge on any atom is -0.491 e. The van der Waals surface area contributed by atoms with Gasteiger partial charge in [-0.3, -0.25) is 4.79 Å². The van der Waals surface area contributed by atoms with Crippen LogP contribution >= 0.6 is 0 Å². The minimum absolute atomic E-state index is 0.0306. The molecule has 0 saturated carbocycles. The molecule has 0 fully saturated rings. The number of hydrogen-bond donors (Lipinski definition) is 2. The van der Waals surface area contributed by atoms with Gasteiger partial charge in [0.15, 0.2) is 5.43 Å². The number of aliphatic hydroxyl groups excluding tert-OH is 1. The first kappa shape index (κ1) is 17.4. The number of ether oxygens (including phenoxy) is 1. The number of carbonyl (C=O) groups is 1. The normalized spacial score (nSPS) is 11.1. The molecule has 1 heterocycles. The number of carboxylic acid groups (broad SMARTS) is 1. The van der Waals surface area contributed by atoms with Crippen molar-refractivity contribution in [3.05, 3.63) is 75.6 Å². The van der Waals surface area contributed by atoms with Crippen molar-refractivity contribution in [2.45, 2.75) is 0 Å². The molecule has 3 rings (SSSR count). The maximum Gasteiger partial charge on any atom is 0.335 e. The number of aromatic carboxylic acids is 1. The number of rotatable bonds is 6. The number of para-hydroxylation sites is 1. The molecule has 132 valence electrons. The summed E-state index contributed by atoms with van der Waals surface area (Å²) in [6.45, 7) is 0.0950. The summed E-state index contributed by atoms with van der Waals surface area (Å²) in [5.41, 5.74) is 0.791. The smallest absolute Gasteiger partial charge is 0.335 e. The van der Waals surface area contributed by atoms with E-state index in [1.807, 2.05) is 18.2 Å². The van der Waals surface area contributed by atoms with E-state index in [-0.39, 0.29) is 29.6 Å². The first-order valence-corrected chi connectivity index (χ1v) is 7.90. The quantitative estimate of drug-likeness (QED) is 0.708. The predicted molar refractivity (Wildman–Crippen MR) is 97.4 cm³/mol. The molecule has 0 saturated heterocycles. The van der Waals surface area contributed by atoms with Crippen molar-refractivity contribution >= 4 is 29.1 Å². The number of benzene rings is 2. The van der Waals surface area contributed by atoms with Gasteiger partial charge in [0, 0.05) is 11.6 Å². The van der Waals surface area contributed by atoms with Crippen LogP contribution in [0.2, 0.25) is 0 Å². The minimum atomic E-state index is -1.10. The first-order chi connectivity index (χ1) is 12.6. The highest BCUT2D eigenvalue weighted by Crippen LogP contribution is 2.21. The third kappa shape index (κ3) is 3.81. The fourth-order valence-corrected chi connectivity index (χ4v) is 2.47. The maximum atomic E-state index is 12.3. The summed E-state index contributed by atoms with van der Waals surface area (Å²) in [6, 6.07) is 12.7. The Bertz CT molecular complexity index is 1030. The zero-order chi connectivity index (χ0) is 18.5. The second-order valence-corrected chi connectivity index (χ2v) is 5.47. The average molecular weight is 352 g/mol. The molecule has 1 aromatic heterocycles. The molecule has 0 unspecified atom stereocenters. The zero-order valence-electron chi connectivity index (χ0n) is 13.7. The van der Waals surface area contributed by atoms with Crippen LogP contribution in [0.4, 0.5) is 0 Å². The number of aliphatic hydroxyl groups is 1. The standard InChI is InChI=1S/C20H16O6/c21-9-10-25-18-4-2-1-3-13(18)5-7-15-12-17(22)16-11-14(20(23)24)6-8-19(16)26-15/h1-8,11-12,21H,9-10H2,(H,23,24). The third-order valence-corrected chi connectivity index (χ3v) is 3.69. The van der Waals surface area contributed by atoms with Crippen molar-refractivity contribution in [1.82, 2.24) is 0 Å². The van der Waals surface area contributed by atoms with E-state index in [9.17, 15) is 9.59 Å². The number of fused-ring (bicyclic) bond motifs is 1. The summed E-state index contributed by atoms with van der Waals surface area (Å²) in [4.78, 5) is 23.3. The fraction of sp³-hybridized carbons (Fsp3) is 0.100. The molecule has 2 aromatic carbocycles. The topological polar surface area (TPSA) is 97.0 Å². The SMILES string of the molecule is O=C(O)c1ccc2oc(C=Cc3ccccc3OCCO)cc(=O)c2c1. The van der Waals surface area contributed by atoms with Crippen molar-refractivity contribution in [3.63, 3.8) is 0 Å². The fourth-order valence-electron chi connectivity index (χ4n) is 2.47. The molecule has 0 aliphatic rings. The lowest BCUT2D eigenvalue weighted by Crippen LogP contribution is -2.03. The van der Waals surface area contributed by atoms with E-state index in [2.05, 4.69) is 0 Å². The Morgan fingerprint density at radius 3 is 2.69 bits per heavy atom. The zero-order valence-corrected chi connectivity index (χ0v) is 13.7. The highest BCUT2D eigenvalue weighted by molar-refractivity contribution is 5.92. The molecule has 0 radical (unpaired) electrons. The number of hydrogen-bond acceptors (Lipinski definition) is 5. The lowest BCUT2D eigenvalue weighted by atomic mass is 10.1. The van der Waals surface area contributed by atoms with Crippen LogP contribution in [0.25, 0.3) is 23.1 Å². The molecule has 26 heavy (non-hydrogen) atoms. The van der Waals surface area contributed by atoms with Crippen LogP contribution in [0, 0.1) is 0 Å². The van der Waals surface area contributed by atoms with Gasteiger partial charge in [0.05, 0.1) is 17.6 Å². The van der Waals surface area contributed by atoms with Crippen LogP contribution in [0.1, 0.15) is 21.7 Å². The van der Waals surface area contributed by atoms with Gasteiger partial charge < -0.3 is 19.4 Å². The van der Waals surface area contributed by atoms with Crippen LogP contribution in [-0.4, -0.2) is 29.4 Å². The molecule has 0 bridgehead atoms. The van der Waals surface area contributed by atoms with Crippen LogP contribution in [-0.2, 0) is 0 Å². The molecule has 0 aliphatic heterocycles. The largest absolute Gasteiger partial charge is 0.491 e. The summed E-state index contributed by atoms with van der Waals surface area (Å²) >= 11 is 0. The average Bonchev–Trinajstić information content (AvgIpc) is 2.65. The summed E-state index contributed by atoms with van der Waals surface area (Å²) in [5, 5.41) is 18.1. The van der Waals surface area contributed by atoms with E-state index >= 15 is 0 Å². The summed E-state index contributed by atoms with van der Waals surface area (Å²) in [5.74, 6) is -0.163. The van der Waals surface area contributed by atoms with Crippen molar-refractivity contribution in [1.29, 1.82) is 0 Å². The van der Waals surface area contributed by atoms with Gasteiger partial charge in [-0.2, -0.15) is 0 Å². The summed E-state index contributed by atoms with van der Waals surface area (Å²) in [7, 11) is 0. The van der Waals surface area contributed by atoms with E-state index in [0.717, 1.165) is 5.56 Å². The third-order valence-electron chi connectivity index (χ3n) is 3.69. The van der Waals surface area contributed by atoms with Gasteiger partial charge >= 0.3 is 5.97 Å². The Kier molecular flexibility index (Phi) is 5.15. The lowest BCUT2D eigenvalue weighted by Gasteiger charge is -2.07. The second-order valence-electron chi connectivity index (χ2n) is 5.47. The van der Waals surface area contributed by atoms with Gasteiger partial charge in [-0.25, -0.2) is 4.79 Å². The van der Waals surface area contributed by atoms with E-state index in [1.54, 1.807) is 18.2 Å². The van der Waals surface area contributed by atoms with Gasteiger partial charge in [0.1, 0.15) is 23.7 Å². The molecule has 0 atom stereocenters. The van der Waals surface area contributed by atoms with Crippen molar-refractivity contribution in [2.75, 3.05) is 13.2 Å². The van der Waals surface area contributed by atoms with Crippen molar-refractivity contribution in [2.24, 2.45) is 0 Å². The maximum absolute atomic E-state index is 12.3. The molecular weight excluding hydrogens is 336 g/mol. The first-order valence-electron chi connectivity index (χ1n) is 7.90. The molecule has 2 N–H and O–H groups in total. The van der Waals surface area contributed by atoms with Crippen LogP contribution in [0.3, 0.4) is 0 Å². The summed E-state index contributed by atoms with van der Waals surface area (Å²) < 4.78 is 11.1. The monoisotopic (exact) mass is 352 g/mol. The molecule has 6 heteroatoms. The van der Waals surface area contributed by atoms with E-state index < -0.39 is 5.97 Å². The lowest BCUT2D eigenvalue weighted by molar-refractivity contribution is 0.0697. The van der Waals surface area contributed by atoms with Crippen LogP contribution in [0.15, 0.2) is 57.7 Å². The molecule has 6 nitrogen and oxygen atoms in total. The molecule has 0 spiro atoms. The van der Waals surface area contributed by atoms with Crippen molar-refractivity contribution in [3.8, 4) is 5.75 Å². The Labute approximate surface area is 148 Å². The van der Waals surface area contributed by atoms with Gasteiger partial charge in [0.25, 0.3) is 0 Å². The number of carboxylic acids is 1. The Morgan fingerprint density at radius 2 is 1.92 bits per heavy atom. The molecular formula is C20H16O6.